The number of rotatable bonds is 6. The van der Waals surface area contributed by atoms with Gasteiger partial charge in [-0.25, -0.2) is 9.97 Å². The van der Waals surface area contributed by atoms with E-state index in [1.807, 2.05) is 26.8 Å². The van der Waals surface area contributed by atoms with Crippen LogP contribution in [0.3, 0.4) is 0 Å². The van der Waals surface area contributed by atoms with E-state index in [0.29, 0.717) is 45.7 Å². The molecule has 0 aliphatic rings. The fraction of sp³-hybridized carbons (Fsp3) is 0.308. The molecule has 0 aliphatic heterocycles. The summed E-state index contributed by atoms with van der Waals surface area (Å²) in [6.45, 7) is 11.1. The van der Waals surface area contributed by atoms with Gasteiger partial charge in [0.05, 0.1) is 27.7 Å². The highest BCUT2D eigenvalue weighted by Gasteiger charge is 2.22. The van der Waals surface area contributed by atoms with E-state index in [1.54, 1.807) is 48.9 Å². The Morgan fingerprint density at radius 2 is 1.86 bits per heavy atom. The van der Waals surface area contributed by atoms with Crippen LogP contribution in [0.4, 0.5) is 0 Å². The Bertz CT molecular complexity index is 1470. The van der Waals surface area contributed by atoms with Crippen LogP contribution >= 0.6 is 22.9 Å². The zero-order valence-electron chi connectivity index (χ0n) is 20.5. The van der Waals surface area contributed by atoms with Crippen molar-refractivity contribution in [3.05, 3.63) is 84.4 Å². The molecule has 4 rings (SSSR count). The lowest BCUT2D eigenvalue weighted by atomic mass is 10.1. The van der Waals surface area contributed by atoms with Gasteiger partial charge in [0.25, 0.3) is 5.56 Å². The summed E-state index contributed by atoms with van der Waals surface area (Å²) >= 11 is 8.18. The van der Waals surface area contributed by atoms with Crippen LogP contribution in [-0.4, -0.2) is 24.6 Å². The number of aliphatic hydroxyl groups is 1. The van der Waals surface area contributed by atoms with E-state index in [4.69, 9.17) is 16.3 Å². The van der Waals surface area contributed by atoms with Gasteiger partial charge in [0.2, 0.25) is 0 Å². The average molecular weight is 511 g/mol. The van der Waals surface area contributed by atoms with E-state index in [2.05, 4.69) is 26.4 Å². The standard InChI is InChI=1S/C26H27ClN4O3S/c1-14-10-29-25(26(5,6)33)30-23(14)20-9-21(19(27)11-28-20)31-15(2)7-22(17(4)24(31)32)34-12-18-8-16(3)35-13-18/h7-11,13,33H,12H2,1-6H3. The van der Waals surface area contributed by atoms with E-state index >= 15 is 0 Å². The number of aryl methyl sites for hydroxylation is 3. The minimum atomic E-state index is -1.21. The van der Waals surface area contributed by atoms with Crippen LogP contribution in [0.1, 0.15) is 46.9 Å². The van der Waals surface area contributed by atoms with Crippen LogP contribution in [0.5, 0.6) is 5.75 Å². The van der Waals surface area contributed by atoms with Gasteiger partial charge in [-0.15, -0.1) is 11.3 Å². The normalized spacial score (nSPS) is 11.7. The van der Waals surface area contributed by atoms with E-state index in [-0.39, 0.29) is 11.4 Å². The number of halogens is 1. The largest absolute Gasteiger partial charge is 0.488 e. The summed E-state index contributed by atoms with van der Waals surface area (Å²) in [6, 6.07) is 5.65. The summed E-state index contributed by atoms with van der Waals surface area (Å²) in [7, 11) is 0. The third kappa shape index (κ3) is 5.15. The number of hydrogen-bond acceptors (Lipinski definition) is 7. The Morgan fingerprint density at radius 1 is 1.11 bits per heavy atom. The zero-order chi connectivity index (χ0) is 25.5. The van der Waals surface area contributed by atoms with Gasteiger partial charge in [-0.3, -0.25) is 14.3 Å². The molecule has 0 spiro atoms. The molecule has 0 atom stereocenters. The molecule has 4 aromatic rings. The summed E-state index contributed by atoms with van der Waals surface area (Å²) in [4.78, 5) is 27.9. The highest BCUT2D eigenvalue weighted by atomic mass is 35.5. The third-order valence-electron chi connectivity index (χ3n) is 5.60. The summed E-state index contributed by atoms with van der Waals surface area (Å²) in [5.74, 6) is 0.822. The summed E-state index contributed by atoms with van der Waals surface area (Å²) in [6.07, 6.45) is 3.15. The Kier molecular flexibility index (Phi) is 6.81. The van der Waals surface area contributed by atoms with Gasteiger partial charge in [-0.2, -0.15) is 0 Å². The summed E-state index contributed by atoms with van der Waals surface area (Å²) in [5.41, 5.74) is 3.15. The zero-order valence-corrected chi connectivity index (χ0v) is 22.1. The van der Waals surface area contributed by atoms with Crippen LogP contribution in [0.2, 0.25) is 5.02 Å². The Morgan fingerprint density at radius 3 is 2.51 bits per heavy atom. The molecule has 0 aromatic carbocycles. The molecule has 182 valence electrons. The van der Waals surface area contributed by atoms with Crippen molar-refractivity contribution in [2.75, 3.05) is 0 Å². The minimum absolute atomic E-state index is 0.225. The molecule has 0 radical (unpaired) electrons. The smallest absolute Gasteiger partial charge is 0.261 e. The number of nitrogens with zero attached hydrogens (tertiary/aromatic N) is 4. The molecule has 0 aliphatic carbocycles. The molecule has 4 aromatic heterocycles. The summed E-state index contributed by atoms with van der Waals surface area (Å²) in [5, 5.41) is 12.7. The fourth-order valence-electron chi connectivity index (χ4n) is 3.70. The van der Waals surface area contributed by atoms with Crippen LogP contribution < -0.4 is 10.3 Å². The lowest BCUT2D eigenvalue weighted by Gasteiger charge is -2.18. The molecule has 7 nitrogen and oxygen atoms in total. The molecule has 35 heavy (non-hydrogen) atoms. The lowest BCUT2D eigenvalue weighted by molar-refractivity contribution is 0.0688. The van der Waals surface area contributed by atoms with E-state index in [9.17, 15) is 9.90 Å². The van der Waals surface area contributed by atoms with Crippen molar-refractivity contribution in [1.29, 1.82) is 0 Å². The second-order valence-electron chi connectivity index (χ2n) is 9.08. The Hall–Kier alpha value is -3.07. The highest BCUT2D eigenvalue weighted by Crippen LogP contribution is 2.29. The molecule has 1 N–H and O–H groups in total. The van der Waals surface area contributed by atoms with Crippen molar-refractivity contribution in [2.24, 2.45) is 0 Å². The van der Waals surface area contributed by atoms with Crippen molar-refractivity contribution >= 4 is 22.9 Å². The number of ether oxygens (including phenoxy) is 1. The molecular formula is C26H27ClN4O3S. The van der Waals surface area contributed by atoms with Crippen molar-refractivity contribution in [2.45, 2.75) is 53.8 Å². The molecule has 9 heteroatoms. The van der Waals surface area contributed by atoms with Gasteiger partial charge in [0.1, 0.15) is 18.0 Å². The molecule has 0 saturated carbocycles. The summed E-state index contributed by atoms with van der Waals surface area (Å²) < 4.78 is 7.53. The number of pyridine rings is 2. The van der Waals surface area contributed by atoms with Gasteiger partial charge in [0.15, 0.2) is 5.82 Å². The van der Waals surface area contributed by atoms with Crippen LogP contribution in [-0.2, 0) is 12.2 Å². The maximum atomic E-state index is 13.4. The van der Waals surface area contributed by atoms with Crippen molar-refractivity contribution < 1.29 is 9.84 Å². The fourth-order valence-corrected chi connectivity index (χ4v) is 4.59. The van der Waals surface area contributed by atoms with Gasteiger partial charge >= 0.3 is 0 Å². The van der Waals surface area contributed by atoms with Crippen LogP contribution in [0.15, 0.2) is 40.8 Å². The first-order chi connectivity index (χ1) is 16.5. The molecule has 0 bridgehead atoms. The third-order valence-corrected chi connectivity index (χ3v) is 6.80. The SMILES string of the molecule is Cc1cc(COc2cc(C)n(-c3cc(-c4nc(C(C)(C)O)ncc4C)ncc3Cl)c(=O)c2C)cs1. The first-order valence-electron chi connectivity index (χ1n) is 11.1. The topological polar surface area (TPSA) is 90.1 Å². The van der Waals surface area contributed by atoms with Crippen LogP contribution in [0, 0.1) is 27.7 Å². The number of thiophene rings is 1. The van der Waals surface area contributed by atoms with Crippen LogP contribution in [0.25, 0.3) is 17.1 Å². The molecular weight excluding hydrogens is 484 g/mol. The van der Waals surface area contributed by atoms with Gasteiger partial charge in [-0.1, -0.05) is 11.6 Å². The maximum Gasteiger partial charge on any atom is 0.261 e. The van der Waals surface area contributed by atoms with Gasteiger partial charge in [0, 0.05) is 34.6 Å². The Labute approximate surface area is 213 Å². The molecule has 0 fully saturated rings. The highest BCUT2D eigenvalue weighted by molar-refractivity contribution is 7.10. The molecule has 0 saturated heterocycles. The quantitative estimate of drug-likeness (QED) is 0.371. The second kappa shape index (κ2) is 9.53. The first-order valence-corrected chi connectivity index (χ1v) is 12.3. The number of hydrogen-bond donors (Lipinski definition) is 1. The number of aromatic nitrogens is 4. The Balaban J connectivity index is 1.76. The van der Waals surface area contributed by atoms with E-state index in [0.717, 1.165) is 11.1 Å². The van der Waals surface area contributed by atoms with Crippen molar-refractivity contribution in [3.8, 4) is 22.8 Å². The predicted molar refractivity (Wildman–Crippen MR) is 139 cm³/mol. The maximum absolute atomic E-state index is 13.4. The van der Waals surface area contributed by atoms with Gasteiger partial charge in [-0.05, 0) is 64.6 Å². The van der Waals surface area contributed by atoms with Crippen molar-refractivity contribution in [3.63, 3.8) is 0 Å². The lowest BCUT2D eigenvalue weighted by Crippen LogP contribution is -2.24. The second-order valence-corrected chi connectivity index (χ2v) is 10.6. The van der Waals surface area contributed by atoms with Crippen molar-refractivity contribution in [1.82, 2.24) is 19.5 Å². The van der Waals surface area contributed by atoms with Gasteiger partial charge < -0.3 is 9.84 Å². The molecule has 4 heterocycles. The molecule has 0 amide bonds. The molecule has 0 unspecified atom stereocenters. The minimum Gasteiger partial charge on any atom is -0.488 e. The average Bonchev–Trinajstić information content (AvgIpc) is 3.21. The monoisotopic (exact) mass is 510 g/mol. The first kappa shape index (κ1) is 25.0. The van der Waals surface area contributed by atoms with E-state index < -0.39 is 5.60 Å². The predicted octanol–water partition coefficient (Wildman–Crippen LogP) is 5.44. The van der Waals surface area contributed by atoms with E-state index in [1.165, 1.54) is 11.1 Å².